The number of anilines is 1. The Morgan fingerprint density at radius 2 is 1.91 bits per heavy atom. The predicted octanol–water partition coefficient (Wildman–Crippen LogP) is 3.04. The molecule has 0 aromatic carbocycles. The van der Waals surface area contributed by atoms with Crippen molar-refractivity contribution in [1.29, 1.82) is 0 Å². The number of H-pyrrole nitrogens is 2. The molecule has 0 saturated carbocycles. The van der Waals surface area contributed by atoms with Crippen molar-refractivity contribution in [3.05, 3.63) is 48.5 Å². The van der Waals surface area contributed by atoms with Crippen molar-refractivity contribution in [3.63, 3.8) is 0 Å². The Morgan fingerprint density at radius 3 is 2.71 bits per heavy atom. The third-order valence-corrected chi connectivity index (χ3v) is 5.24. The van der Waals surface area contributed by atoms with Crippen LogP contribution in [0, 0.1) is 5.92 Å². The number of hydrogen-bond acceptors (Lipinski definition) is 7. The van der Waals surface area contributed by atoms with Gasteiger partial charge in [0, 0.05) is 36.1 Å². The summed E-state index contributed by atoms with van der Waals surface area (Å²) in [4.78, 5) is 44.5. The van der Waals surface area contributed by atoms with Gasteiger partial charge < -0.3 is 16.0 Å². The van der Waals surface area contributed by atoms with Gasteiger partial charge in [0.05, 0.1) is 22.8 Å². The van der Waals surface area contributed by atoms with Crippen molar-refractivity contribution >= 4 is 39.7 Å². The van der Waals surface area contributed by atoms with E-state index in [0.29, 0.717) is 45.8 Å². The van der Waals surface area contributed by atoms with Crippen LogP contribution >= 0.6 is 0 Å². The number of nitrogens with one attached hydrogen (secondary N) is 3. The number of carbonyl (C=O) groups is 2. The fraction of sp³-hybridized carbons (Fsp3) is 0.174. The maximum absolute atomic E-state index is 12.1. The minimum Gasteiger partial charge on any atom is -0.366 e. The standard InChI is InChI=1S/C23H21N9O2/c1-11(2)5-17(33)28-14-6-12(8-25-10-14)13-7-16-19(31-32-21(16)27-9-13)23-29-18-15(20(24)34)3-4-26-22(18)30-23/h3-4,6-11H,5H2,1-2H3,(H2,24,34)(H,28,33)(H,26,29,30)(H,27,31,32). The number of nitrogens with two attached hydrogens (primary N) is 1. The largest absolute Gasteiger partial charge is 0.366 e. The van der Waals surface area contributed by atoms with Crippen LogP contribution in [0.1, 0.15) is 30.6 Å². The molecule has 5 rings (SSSR count). The van der Waals surface area contributed by atoms with Gasteiger partial charge in [-0.1, -0.05) is 13.8 Å². The second kappa shape index (κ2) is 8.35. The summed E-state index contributed by atoms with van der Waals surface area (Å²) in [5.74, 6) is 0.0339. The van der Waals surface area contributed by atoms with Gasteiger partial charge in [-0.05, 0) is 24.1 Å². The van der Waals surface area contributed by atoms with Crippen molar-refractivity contribution in [2.24, 2.45) is 11.7 Å². The molecule has 5 aromatic rings. The van der Waals surface area contributed by atoms with Crippen molar-refractivity contribution in [2.75, 3.05) is 5.32 Å². The number of hydrogen-bond donors (Lipinski definition) is 4. The lowest BCUT2D eigenvalue weighted by molar-refractivity contribution is -0.116. The van der Waals surface area contributed by atoms with Gasteiger partial charge in [-0.2, -0.15) is 5.10 Å². The quantitative estimate of drug-likeness (QED) is 0.305. The SMILES string of the molecule is CC(C)CC(=O)Nc1cncc(-c2cnc3[nH]nc(-c4nc5c(C(N)=O)ccnc5[nH]4)c3c2)c1. The molecule has 0 radical (unpaired) electrons. The minimum absolute atomic E-state index is 0.0616. The molecule has 11 nitrogen and oxygen atoms in total. The van der Waals surface area contributed by atoms with Crippen LogP contribution in [0.3, 0.4) is 0 Å². The zero-order valence-corrected chi connectivity index (χ0v) is 18.5. The molecule has 0 unspecified atom stereocenters. The summed E-state index contributed by atoms with van der Waals surface area (Å²) in [6.07, 6.45) is 6.93. The number of imidazole rings is 1. The normalized spacial score (nSPS) is 11.4. The van der Waals surface area contributed by atoms with E-state index < -0.39 is 5.91 Å². The molecule has 11 heteroatoms. The number of aromatic nitrogens is 7. The van der Waals surface area contributed by atoms with Crippen LogP contribution in [0.15, 0.2) is 43.0 Å². The Kier molecular flexibility index (Phi) is 5.21. The molecule has 170 valence electrons. The van der Waals surface area contributed by atoms with Crippen LogP contribution < -0.4 is 11.1 Å². The highest BCUT2D eigenvalue weighted by molar-refractivity contribution is 6.04. The van der Waals surface area contributed by atoms with Gasteiger partial charge in [-0.3, -0.25) is 19.7 Å². The van der Waals surface area contributed by atoms with E-state index in [1.54, 1.807) is 18.6 Å². The average molecular weight is 455 g/mol. The van der Waals surface area contributed by atoms with Crippen molar-refractivity contribution in [3.8, 4) is 22.6 Å². The van der Waals surface area contributed by atoms with Gasteiger partial charge in [0.2, 0.25) is 5.91 Å². The number of rotatable bonds is 6. The van der Waals surface area contributed by atoms with E-state index in [-0.39, 0.29) is 17.4 Å². The average Bonchev–Trinajstić information content (AvgIpc) is 3.41. The molecule has 5 heterocycles. The summed E-state index contributed by atoms with van der Waals surface area (Å²) in [7, 11) is 0. The fourth-order valence-electron chi connectivity index (χ4n) is 3.71. The number of pyridine rings is 3. The maximum Gasteiger partial charge on any atom is 0.251 e. The molecule has 0 aliphatic heterocycles. The Bertz CT molecular complexity index is 1550. The van der Waals surface area contributed by atoms with E-state index >= 15 is 0 Å². The van der Waals surface area contributed by atoms with Crippen LogP contribution in [-0.2, 0) is 4.79 Å². The second-order valence-corrected chi connectivity index (χ2v) is 8.31. The molecule has 0 aliphatic carbocycles. The second-order valence-electron chi connectivity index (χ2n) is 8.31. The first-order chi connectivity index (χ1) is 16.4. The number of nitrogens with zero attached hydrogens (tertiary/aromatic N) is 5. The van der Waals surface area contributed by atoms with E-state index in [1.807, 2.05) is 26.0 Å². The lowest BCUT2D eigenvalue weighted by Crippen LogP contribution is -2.13. The molecule has 0 aliphatic rings. The lowest BCUT2D eigenvalue weighted by Gasteiger charge is -2.08. The molecular weight excluding hydrogens is 434 g/mol. The Morgan fingerprint density at radius 1 is 1.09 bits per heavy atom. The van der Waals surface area contributed by atoms with Gasteiger partial charge >= 0.3 is 0 Å². The topological polar surface area (TPSA) is 168 Å². The first-order valence-electron chi connectivity index (χ1n) is 10.6. The van der Waals surface area contributed by atoms with Crippen LogP contribution in [0.2, 0.25) is 0 Å². The van der Waals surface area contributed by atoms with E-state index in [0.717, 1.165) is 11.1 Å². The van der Waals surface area contributed by atoms with Crippen molar-refractivity contribution < 1.29 is 9.59 Å². The third kappa shape index (κ3) is 3.94. The van der Waals surface area contributed by atoms with Crippen molar-refractivity contribution in [2.45, 2.75) is 20.3 Å². The monoisotopic (exact) mass is 455 g/mol. The molecule has 5 N–H and O–H groups in total. The number of amides is 2. The first-order valence-corrected chi connectivity index (χ1v) is 10.6. The zero-order valence-electron chi connectivity index (χ0n) is 18.5. The van der Waals surface area contributed by atoms with Gasteiger partial charge in [0.1, 0.15) is 11.2 Å². The summed E-state index contributed by atoms with van der Waals surface area (Å²) in [5, 5.41) is 10.8. The number of carbonyl (C=O) groups excluding carboxylic acids is 2. The minimum atomic E-state index is -0.589. The number of aromatic amines is 2. The maximum atomic E-state index is 12.1. The van der Waals surface area contributed by atoms with E-state index in [1.165, 1.54) is 12.3 Å². The summed E-state index contributed by atoms with van der Waals surface area (Å²) >= 11 is 0. The summed E-state index contributed by atoms with van der Waals surface area (Å²) in [6, 6.07) is 5.28. The molecule has 0 atom stereocenters. The highest BCUT2D eigenvalue weighted by atomic mass is 16.2. The van der Waals surface area contributed by atoms with E-state index in [2.05, 4.69) is 40.4 Å². The fourth-order valence-corrected chi connectivity index (χ4v) is 3.71. The van der Waals surface area contributed by atoms with Crippen molar-refractivity contribution in [1.82, 2.24) is 35.1 Å². The lowest BCUT2D eigenvalue weighted by atomic mass is 10.1. The van der Waals surface area contributed by atoms with Gasteiger partial charge in [0.25, 0.3) is 5.91 Å². The van der Waals surface area contributed by atoms with Crippen LogP contribution in [0.25, 0.3) is 44.8 Å². The number of fused-ring (bicyclic) bond motifs is 2. The Labute approximate surface area is 193 Å². The summed E-state index contributed by atoms with van der Waals surface area (Å²) < 4.78 is 0. The first kappa shape index (κ1) is 21.2. The molecule has 5 aromatic heterocycles. The van der Waals surface area contributed by atoms with Crippen LogP contribution in [-0.4, -0.2) is 46.9 Å². The van der Waals surface area contributed by atoms with Crippen LogP contribution in [0.4, 0.5) is 5.69 Å². The molecular formula is C23H21N9O2. The smallest absolute Gasteiger partial charge is 0.251 e. The summed E-state index contributed by atoms with van der Waals surface area (Å²) in [6.45, 7) is 3.98. The Hall–Kier alpha value is -4.67. The highest BCUT2D eigenvalue weighted by Gasteiger charge is 2.18. The van der Waals surface area contributed by atoms with Gasteiger partial charge in [-0.25, -0.2) is 15.0 Å². The molecule has 0 fully saturated rings. The van der Waals surface area contributed by atoms with Gasteiger partial charge in [-0.15, -0.1) is 0 Å². The van der Waals surface area contributed by atoms with E-state index in [9.17, 15) is 9.59 Å². The molecule has 0 bridgehead atoms. The van der Waals surface area contributed by atoms with Crippen LogP contribution in [0.5, 0.6) is 0 Å². The third-order valence-electron chi connectivity index (χ3n) is 5.24. The Balaban J connectivity index is 1.53. The predicted molar refractivity (Wildman–Crippen MR) is 127 cm³/mol. The van der Waals surface area contributed by atoms with E-state index in [4.69, 9.17) is 5.73 Å². The summed E-state index contributed by atoms with van der Waals surface area (Å²) in [5.41, 5.74) is 9.81. The molecule has 34 heavy (non-hydrogen) atoms. The highest BCUT2D eigenvalue weighted by Crippen LogP contribution is 2.30. The van der Waals surface area contributed by atoms with Gasteiger partial charge in [0.15, 0.2) is 17.1 Å². The molecule has 0 saturated heterocycles. The molecule has 0 spiro atoms. The zero-order chi connectivity index (χ0) is 23.8. The number of primary amides is 1. The molecule has 2 amide bonds.